The zero-order valence-corrected chi connectivity index (χ0v) is 18.3. The molecule has 0 fully saturated rings. The highest BCUT2D eigenvalue weighted by Crippen LogP contribution is 2.30. The van der Waals surface area contributed by atoms with Crippen LogP contribution in [0.3, 0.4) is 0 Å². The molecule has 0 saturated heterocycles. The second-order valence-corrected chi connectivity index (χ2v) is 8.72. The maximum Gasteiger partial charge on any atom is 0.293 e. The van der Waals surface area contributed by atoms with Crippen molar-refractivity contribution in [2.24, 2.45) is 0 Å². The van der Waals surface area contributed by atoms with E-state index in [1.165, 1.54) is 16.4 Å². The first-order valence-corrected chi connectivity index (χ1v) is 11.2. The van der Waals surface area contributed by atoms with Crippen molar-refractivity contribution in [3.63, 3.8) is 0 Å². The summed E-state index contributed by atoms with van der Waals surface area (Å²) < 4.78 is 32.9. The zero-order valence-electron chi connectivity index (χ0n) is 17.5. The zero-order chi connectivity index (χ0) is 22.6. The van der Waals surface area contributed by atoms with E-state index >= 15 is 0 Å². The third kappa shape index (κ3) is 4.85. The van der Waals surface area contributed by atoms with Gasteiger partial charge in [0, 0.05) is 32.5 Å². The first kappa shape index (κ1) is 22.3. The highest BCUT2D eigenvalue weighted by molar-refractivity contribution is 7.92. The van der Waals surface area contributed by atoms with Crippen LogP contribution >= 0.6 is 0 Å². The van der Waals surface area contributed by atoms with Crippen molar-refractivity contribution >= 4 is 27.1 Å². The highest BCUT2D eigenvalue weighted by atomic mass is 32.2. The number of nitro benzene ring substituents is 1. The molecule has 0 amide bonds. The van der Waals surface area contributed by atoms with Gasteiger partial charge in [-0.3, -0.25) is 14.4 Å². The van der Waals surface area contributed by atoms with Gasteiger partial charge in [0.05, 0.1) is 21.2 Å². The predicted octanol–water partition coefficient (Wildman–Crippen LogP) is 4.07. The fourth-order valence-electron chi connectivity index (χ4n) is 3.30. The van der Waals surface area contributed by atoms with Crippen molar-refractivity contribution in [3.8, 4) is 0 Å². The lowest BCUT2D eigenvalue weighted by Crippen LogP contribution is -2.30. The SMILES string of the molecule is CCN(c1ccccc1)S(=O)(=O)c1ccc(NCCc2nc(C)oc2C)c([N+](=O)[O-])c1. The Balaban J connectivity index is 1.85. The number of anilines is 2. The van der Waals surface area contributed by atoms with Crippen molar-refractivity contribution in [1.82, 2.24) is 4.98 Å². The predicted molar refractivity (Wildman–Crippen MR) is 118 cm³/mol. The second kappa shape index (κ2) is 9.17. The number of aryl methyl sites for hydroxylation is 2. The highest BCUT2D eigenvalue weighted by Gasteiger charge is 2.27. The van der Waals surface area contributed by atoms with Gasteiger partial charge in [0.1, 0.15) is 11.4 Å². The Morgan fingerprint density at radius 3 is 2.45 bits per heavy atom. The van der Waals surface area contributed by atoms with E-state index in [0.717, 1.165) is 11.8 Å². The van der Waals surface area contributed by atoms with Crippen LogP contribution < -0.4 is 9.62 Å². The number of rotatable bonds is 9. The molecule has 0 aliphatic rings. The number of para-hydroxylation sites is 1. The van der Waals surface area contributed by atoms with E-state index in [1.54, 1.807) is 44.2 Å². The van der Waals surface area contributed by atoms with E-state index in [9.17, 15) is 18.5 Å². The number of hydrogen-bond acceptors (Lipinski definition) is 7. The summed E-state index contributed by atoms with van der Waals surface area (Å²) in [6, 6.07) is 12.5. The van der Waals surface area contributed by atoms with Crippen LogP contribution in [0.25, 0.3) is 0 Å². The molecule has 0 aliphatic carbocycles. The van der Waals surface area contributed by atoms with Gasteiger partial charge in [-0.15, -0.1) is 0 Å². The average Bonchev–Trinajstić information content (AvgIpc) is 3.06. The first-order chi connectivity index (χ1) is 14.7. The van der Waals surface area contributed by atoms with Crippen molar-refractivity contribution in [2.45, 2.75) is 32.1 Å². The molecule has 0 radical (unpaired) electrons. The topological polar surface area (TPSA) is 119 Å². The van der Waals surface area contributed by atoms with Crippen LogP contribution in [0.4, 0.5) is 17.1 Å². The van der Waals surface area contributed by atoms with E-state index in [1.807, 2.05) is 6.92 Å². The minimum Gasteiger partial charge on any atom is -0.446 e. The number of nitrogens with one attached hydrogen (secondary N) is 1. The molecule has 164 valence electrons. The molecule has 3 rings (SSSR count). The lowest BCUT2D eigenvalue weighted by atomic mass is 10.2. The number of oxazole rings is 1. The molecule has 1 heterocycles. The molecular formula is C21H24N4O5S. The Labute approximate surface area is 180 Å². The molecule has 0 saturated carbocycles. The average molecular weight is 445 g/mol. The number of benzene rings is 2. The number of aromatic nitrogens is 1. The van der Waals surface area contributed by atoms with Gasteiger partial charge < -0.3 is 9.73 Å². The molecular weight excluding hydrogens is 420 g/mol. The molecule has 0 aliphatic heterocycles. The van der Waals surface area contributed by atoms with E-state index < -0.39 is 14.9 Å². The van der Waals surface area contributed by atoms with Crippen molar-refractivity contribution in [1.29, 1.82) is 0 Å². The molecule has 1 N–H and O–H groups in total. The number of nitro groups is 1. The molecule has 0 atom stereocenters. The quantitative estimate of drug-likeness (QED) is 0.390. The monoisotopic (exact) mass is 444 g/mol. The maximum atomic E-state index is 13.2. The molecule has 0 bridgehead atoms. The van der Waals surface area contributed by atoms with Crippen LogP contribution in [0.1, 0.15) is 24.3 Å². The molecule has 2 aromatic carbocycles. The summed E-state index contributed by atoms with van der Waals surface area (Å²) >= 11 is 0. The van der Waals surface area contributed by atoms with Crippen LogP contribution in [0.15, 0.2) is 57.8 Å². The Kier molecular flexibility index (Phi) is 6.59. The molecule has 9 nitrogen and oxygen atoms in total. The van der Waals surface area contributed by atoms with Gasteiger partial charge in [0.2, 0.25) is 0 Å². The molecule has 0 unspecified atom stereocenters. The van der Waals surface area contributed by atoms with E-state index in [0.29, 0.717) is 30.3 Å². The number of hydrogen-bond donors (Lipinski definition) is 1. The summed E-state index contributed by atoms with van der Waals surface area (Å²) in [7, 11) is -3.96. The van der Waals surface area contributed by atoms with Crippen LogP contribution in [0.5, 0.6) is 0 Å². The molecule has 3 aromatic rings. The Hall–Kier alpha value is -3.40. The molecule has 0 spiro atoms. The van der Waals surface area contributed by atoms with Gasteiger partial charge in [-0.1, -0.05) is 18.2 Å². The number of nitrogens with zero attached hydrogens (tertiary/aromatic N) is 3. The first-order valence-electron chi connectivity index (χ1n) is 9.77. The fourth-order valence-corrected chi connectivity index (χ4v) is 4.80. The Morgan fingerprint density at radius 2 is 1.87 bits per heavy atom. The molecule has 31 heavy (non-hydrogen) atoms. The van der Waals surface area contributed by atoms with Gasteiger partial charge in [-0.25, -0.2) is 13.4 Å². The van der Waals surface area contributed by atoms with Gasteiger partial charge in [-0.05, 0) is 38.1 Å². The second-order valence-electron chi connectivity index (χ2n) is 6.85. The van der Waals surface area contributed by atoms with Crippen molar-refractivity contribution < 1.29 is 17.8 Å². The standard InChI is InChI=1S/C21H24N4O5S/c1-4-24(17-8-6-5-7-9-17)31(28,29)18-10-11-20(21(14-18)25(26)27)22-13-12-19-15(2)30-16(3)23-19/h5-11,14,22H,4,12-13H2,1-3H3. The van der Waals surface area contributed by atoms with Crippen LogP contribution in [0.2, 0.25) is 0 Å². The Bertz CT molecular complexity index is 1180. The van der Waals surface area contributed by atoms with Crippen LogP contribution in [-0.4, -0.2) is 31.4 Å². The number of sulfonamides is 1. The summed E-state index contributed by atoms with van der Waals surface area (Å²) in [5.41, 5.74) is 1.20. The van der Waals surface area contributed by atoms with E-state index in [2.05, 4.69) is 10.3 Å². The largest absolute Gasteiger partial charge is 0.446 e. The summed E-state index contributed by atoms with van der Waals surface area (Å²) in [5, 5.41) is 14.6. The molecule has 1 aromatic heterocycles. The summed E-state index contributed by atoms with van der Waals surface area (Å²) in [4.78, 5) is 15.2. The van der Waals surface area contributed by atoms with Gasteiger partial charge in [-0.2, -0.15) is 0 Å². The smallest absolute Gasteiger partial charge is 0.293 e. The third-order valence-corrected chi connectivity index (χ3v) is 6.66. The van der Waals surface area contributed by atoms with Crippen LogP contribution in [-0.2, 0) is 16.4 Å². The van der Waals surface area contributed by atoms with Crippen LogP contribution in [0, 0.1) is 24.0 Å². The van der Waals surface area contributed by atoms with Gasteiger partial charge >= 0.3 is 0 Å². The minimum absolute atomic E-state index is 0.140. The lowest BCUT2D eigenvalue weighted by molar-refractivity contribution is -0.384. The maximum absolute atomic E-state index is 13.2. The van der Waals surface area contributed by atoms with Gasteiger partial charge in [0.15, 0.2) is 5.89 Å². The van der Waals surface area contributed by atoms with Gasteiger partial charge in [0.25, 0.3) is 15.7 Å². The fraction of sp³-hybridized carbons (Fsp3) is 0.286. The third-order valence-electron chi connectivity index (χ3n) is 4.76. The lowest BCUT2D eigenvalue weighted by Gasteiger charge is -2.23. The summed E-state index contributed by atoms with van der Waals surface area (Å²) in [6.07, 6.45) is 0.512. The summed E-state index contributed by atoms with van der Waals surface area (Å²) in [5.74, 6) is 1.27. The van der Waals surface area contributed by atoms with E-state index in [4.69, 9.17) is 4.42 Å². The normalized spacial score (nSPS) is 11.3. The molecule has 10 heteroatoms. The Morgan fingerprint density at radius 1 is 1.16 bits per heavy atom. The van der Waals surface area contributed by atoms with E-state index in [-0.39, 0.29) is 22.8 Å². The van der Waals surface area contributed by atoms with Crippen molar-refractivity contribution in [3.05, 3.63) is 76.0 Å². The summed E-state index contributed by atoms with van der Waals surface area (Å²) in [6.45, 7) is 5.84. The minimum atomic E-state index is -3.96. The van der Waals surface area contributed by atoms with Crippen molar-refractivity contribution in [2.75, 3.05) is 22.7 Å².